The molecule has 1 fully saturated rings. The zero-order valence-corrected chi connectivity index (χ0v) is 22.8. The van der Waals surface area contributed by atoms with Crippen LogP contribution in [0.2, 0.25) is 0 Å². The van der Waals surface area contributed by atoms with Crippen LogP contribution in [0.4, 0.5) is 0 Å². The largest absolute Gasteiger partial charge is 0.443 e. The van der Waals surface area contributed by atoms with Crippen molar-refractivity contribution in [3.63, 3.8) is 0 Å². The van der Waals surface area contributed by atoms with Gasteiger partial charge in [-0.05, 0) is 43.7 Å². The summed E-state index contributed by atoms with van der Waals surface area (Å²) in [5, 5.41) is 49.8. The van der Waals surface area contributed by atoms with Crippen molar-refractivity contribution < 1.29 is 39.5 Å². The first-order valence-electron chi connectivity index (χ1n) is 13.1. The highest BCUT2D eigenvalue weighted by Gasteiger charge is 2.45. The van der Waals surface area contributed by atoms with E-state index >= 15 is 0 Å². The van der Waals surface area contributed by atoms with Crippen LogP contribution in [-0.4, -0.2) is 85.3 Å². The number of nitrogens with zero attached hydrogens (tertiary/aromatic N) is 1. The predicted octanol–water partition coefficient (Wildman–Crippen LogP) is 0.00540. The van der Waals surface area contributed by atoms with Crippen LogP contribution in [0.25, 0.3) is 0 Å². The van der Waals surface area contributed by atoms with Crippen LogP contribution in [0, 0.1) is 0 Å². The van der Waals surface area contributed by atoms with Crippen LogP contribution < -0.4 is 15.8 Å². The van der Waals surface area contributed by atoms with Crippen LogP contribution in [-0.2, 0) is 27.2 Å². The predicted molar refractivity (Wildman–Crippen MR) is 141 cm³/mol. The highest BCUT2D eigenvalue weighted by Crippen LogP contribution is 2.31. The number of aromatic nitrogens is 2. The van der Waals surface area contributed by atoms with E-state index in [0.29, 0.717) is 19.3 Å². The molecule has 1 aliphatic heterocycles. The molecule has 2 heterocycles. The van der Waals surface area contributed by atoms with E-state index in [4.69, 9.17) is 15.2 Å². The average molecular weight is 549 g/mol. The molecule has 12 nitrogen and oxygen atoms in total. The maximum Gasteiger partial charge on any atom is 0.242 e. The molecule has 1 aliphatic rings. The van der Waals surface area contributed by atoms with Crippen molar-refractivity contribution in [2.24, 2.45) is 5.73 Å². The molecule has 1 saturated heterocycles. The lowest BCUT2D eigenvalue weighted by Gasteiger charge is -2.39. The lowest BCUT2D eigenvalue weighted by Crippen LogP contribution is -2.60. The second kappa shape index (κ2) is 12.9. The number of aryl methyl sites for hydroxylation is 1. The number of carbonyl (C=O) groups excluding carboxylic acids is 2. The van der Waals surface area contributed by atoms with Crippen molar-refractivity contribution in [2.75, 3.05) is 6.61 Å². The van der Waals surface area contributed by atoms with E-state index in [-0.39, 0.29) is 24.1 Å². The van der Waals surface area contributed by atoms with Gasteiger partial charge in [0.25, 0.3) is 0 Å². The molecule has 0 aliphatic carbocycles. The Morgan fingerprint density at radius 2 is 1.77 bits per heavy atom. The summed E-state index contributed by atoms with van der Waals surface area (Å²) in [4.78, 5) is 23.5. The van der Waals surface area contributed by atoms with Gasteiger partial charge in [0.2, 0.25) is 24.0 Å². The lowest BCUT2D eigenvalue weighted by atomic mass is 9.97. The van der Waals surface area contributed by atoms with E-state index in [1.807, 2.05) is 38.1 Å². The molecule has 5 atom stereocenters. The van der Waals surface area contributed by atoms with Gasteiger partial charge in [0.15, 0.2) is 0 Å². The van der Waals surface area contributed by atoms with Crippen molar-refractivity contribution in [3.05, 3.63) is 46.6 Å². The number of amides is 2. The second-order valence-electron chi connectivity index (χ2n) is 10.8. The van der Waals surface area contributed by atoms with E-state index in [0.717, 1.165) is 22.4 Å². The number of H-pyrrole nitrogens is 1. The fraction of sp³-hybridized carbons (Fsp3) is 0.593. The van der Waals surface area contributed by atoms with Gasteiger partial charge in [-0.15, -0.1) is 5.10 Å². The minimum Gasteiger partial charge on any atom is -0.443 e. The normalized spacial score (nSPS) is 23.6. The Morgan fingerprint density at radius 1 is 1.13 bits per heavy atom. The number of aromatic amines is 1. The summed E-state index contributed by atoms with van der Waals surface area (Å²) in [5.74, 6) is -0.545. The van der Waals surface area contributed by atoms with Crippen molar-refractivity contribution >= 4 is 11.8 Å². The number of rotatable bonds is 12. The summed E-state index contributed by atoms with van der Waals surface area (Å²) >= 11 is 0. The standard InChI is InChI=1S/C27H40N4O8/c1-14(2)20-17(24(31-30-20)39-25-23(36)22(35)21(34)18(13-32)38-25)12-16-10-8-15(9-11-16)6-5-7-19(33)29-27(3,4)26(28)37/h8-11,14,18,21-23,25,32,34-36H,5-7,12-13H2,1-4H3,(H2,28,37)(H,29,33)(H,30,31)/t18-,21+,22+,23-,25+/m1/s1. The summed E-state index contributed by atoms with van der Waals surface area (Å²) in [5.41, 5.74) is 7.82. The van der Waals surface area contributed by atoms with Gasteiger partial charge in [0.1, 0.15) is 30.0 Å². The van der Waals surface area contributed by atoms with Gasteiger partial charge >= 0.3 is 0 Å². The van der Waals surface area contributed by atoms with E-state index < -0.39 is 48.8 Å². The van der Waals surface area contributed by atoms with Crippen molar-refractivity contribution in [2.45, 2.75) is 95.5 Å². The van der Waals surface area contributed by atoms with Crippen molar-refractivity contribution in [3.8, 4) is 5.88 Å². The zero-order chi connectivity index (χ0) is 28.9. The summed E-state index contributed by atoms with van der Waals surface area (Å²) in [6.07, 6.45) is -4.99. The van der Waals surface area contributed by atoms with Gasteiger partial charge in [-0.25, -0.2) is 0 Å². The number of carbonyl (C=O) groups is 2. The third-order valence-electron chi connectivity index (χ3n) is 6.86. The van der Waals surface area contributed by atoms with E-state index in [1.165, 1.54) is 0 Å². The number of aliphatic hydroxyl groups is 4. The Bertz CT molecular complexity index is 1120. The fourth-order valence-electron chi connectivity index (χ4n) is 4.34. The minimum absolute atomic E-state index is 0.0876. The van der Waals surface area contributed by atoms with Gasteiger partial charge in [-0.3, -0.25) is 14.7 Å². The molecule has 12 heteroatoms. The number of hydrogen-bond acceptors (Lipinski definition) is 9. The summed E-state index contributed by atoms with van der Waals surface area (Å²) in [6.45, 7) is 6.57. The molecule has 2 amide bonds. The third-order valence-corrected chi connectivity index (χ3v) is 6.86. The Kier molecular flexibility index (Phi) is 10.1. The topological polar surface area (TPSA) is 200 Å². The molecular formula is C27H40N4O8. The summed E-state index contributed by atoms with van der Waals surface area (Å²) in [7, 11) is 0. The van der Waals surface area contributed by atoms with Crippen LogP contribution in [0.3, 0.4) is 0 Å². The molecule has 0 unspecified atom stereocenters. The highest BCUT2D eigenvalue weighted by atomic mass is 16.7. The van der Waals surface area contributed by atoms with Gasteiger partial charge < -0.3 is 41.0 Å². The maximum absolute atomic E-state index is 12.1. The molecule has 0 spiro atoms. The number of aliphatic hydroxyl groups excluding tert-OH is 4. The zero-order valence-electron chi connectivity index (χ0n) is 22.8. The van der Waals surface area contributed by atoms with Crippen LogP contribution in [0.5, 0.6) is 5.88 Å². The van der Waals surface area contributed by atoms with Crippen molar-refractivity contribution in [1.82, 2.24) is 15.5 Å². The van der Waals surface area contributed by atoms with Gasteiger partial charge in [-0.2, -0.15) is 0 Å². The van der Waals surface area contributed by atoms with Crippen molar-refractivity contribution in [1.29, 1.82) is 0 Å². The molecule has 1 aromatic carbocycles. The molecule has 39 heavy (non-hydrogen) atoms. The van der Waals surface area contributed by atoms with E-state index in [1.54, 1.807) is 13.8 Å². The molecule has 2 aromatic rings. The Balaban J connectivity index is 1.65. The molecule has 0 bridgehead atoms. The highest BCUT2D eigenvalue weighted by molar-refractivity contribution is 5.89. The first-order valence-corrected chi connectivity index (χ1v) is 13.1. The monoisotopic (exact) mass is 548 g/mol. The number of nitrogens with two attached hydrogens (primary N) is 1. The average Bonchev–Trinajstić information content (AvgIpc) is 3.27. The van der Waals surface area contributed by atoms with Gasteiger partial charge in [0.05, 0.1) is 6.61 Å². The van der Waals surface area contributed by atoms with E-state index in [9.17, 15) is 30.0 Å². The molecule has 0 radical (unpaired) electrons. The fourth-order valence-corrected chi connectivity index (χ4v) is 4.34. The molecule has 1 aromatic heterocycles. The Morgan fingerprint density at radius 3 is 2.36 bits per heavy atom. The Hall–Kier alpha value is -3.03. The number of ether oxygens (including phenoxy) is 2. The molecule has 0 saturated carbocycles. The first kappa shape index (κ1) is 30.5. The van der Waals surface area contributed by atoms with Crippen LogP contribution >= 0.6 is 0 Å². The molecule has 3 rings (SSSR count). The van der Waals surface area contributed by atoms with Crippen LogP contribution in [0.15, 0.2) is 24.3 Å². The minimum atomic E-state index is -1.55. The molecule has 216 valence electrons. The number of benzene rings is 1. The maximum atomic E-state index is 12.1. The SMILES string of the molecule is CC(C)c1[nH]nc(O[C@@H]2O[C@H](CO)[C@H](O)[C@H](O)[C@H]2O)c1Cc1ccc(CCCC(=O)NC(C)(C)C(N)=O)cc1. The first-order chi connectivity index (χ1) is 18.3. The van der Waals surface area contributed by atoms with E-state index in [2.05, 4.69) is 15.5 Å². The summed E-state index contributed by atoms with van der Waals surface area (Å²) in [6, 6.07) is 7.91. The smallest absolute Gasteiger partial charge is 0.242 e. The lowest BCUT2D eigenvalue weighted by molar-refractivity contribution is -0.278. The molecule has 8 N–H and O–H groups in total. The van der Waals surface area contributed by atoms with Gasteiger partial charge in [0, 0.05) is 24.1 Å². The second-order valence-corrected chi connectivity index (χ2v) is 10.8. The third kappa shape index (κ3) is 7.55. The molecular weight excluding hydrogens is 508 g/mol. The van der Waals surface area contributed by atoms with Crippen LogP contribution in [0.1, 0.15) is 68.8 Å². The Labute approximate surface area is 227 Å². The number of hydrogen-bond donors (Lipinski definition) is 7. The quantitative estimate of drug-likeness (QED) is 0.191. The number of primary amides is 1. The number of nitrogens with one attached hydrogen (secondary N) is 2. The van der Waals surface area contributed by atoms with Gasteiger partial charge in [-0.1, -0.05) is 38.1 Å². The summed E-state index contributed by atoms with van der Waals surface area (Å²) < 4.78 is 11.3.